The first kappa shape index (κ1) is 70.7. The number of hydrogen-bond donors (Lipinski definition) is 24. The van der Waals surface area contributed by atoms with E-state index >= 15 is 0 Å². The van der Waals surface area contributed by atoms with Crippen molar-refractivity contribution in [3.8, 4) is 0 Å². The van der Waals surface area contributed by atoms with E-state index in [2.05, 4.69) is 0 Å². The lowest BCUT2D eigenvalue weighted by Gasteiger charge is -2.50. The first-order valence-electron chi connectivity index (χ1n) is 28.5. The van der Waals surface area contributed by atoms with E-state index in [1.807, 2.05) is 0 Å². The maximum Gasteiger partial charge on any atom is 0.187 e. The van der Waals surface area contributed by atoms with Crippen molar-refractivity contribution in [3.63, 3.8) is 0 Å². The molecule has 30 fully saturated rings. The van der Waals surface area contributed by atoms with Crippen molar-refractivity contribution in [2.75, 3.05) is 52.9 Å². The van der Waals surface area contributed by atoms with Crippen molar-refractivity contribution >= 4 is 0 Å². The monoisotopic (exact) mass is 1290 g/mol. The van der Waals surface area contributed by atoms with Gasteiger partial charge in [0.25, 0.3) is 0 Å². The lowest BCUT2D eigenvalue weighted by atomic mass is 9.80. The zero-order valence-electron chi connectivity index (χ0n) is 46.3. The summed E-state index contributed by atoms with van der Waals surface area (Å²) in [5.41, 5.74) is 0. The lowest BCUT2D eigenvalue weighted by Crippen LogP contribution is -2.68. The average Bonchev–Trinajstić information content (AvgIpc) is 1.09. The zero-order valence-corrected chi connectivity index (χ0v) is 46.3. The predicted molar refractivity (Wildman–Crippen MR) is 264 cm³/mol. The average molecular weight is 1300 g/mol. The molecule has 40 atom stereocenters. The summed E-state index contributed by atoms with van der Waals surface area (Å²) in [6.45, 7) is -8.28. The number of hydrogen-bond acceptors (Lipinski definition) is 39. The molecular weight excluding hydrogens is 1210 g/mol. The Morgan fingerprint density at radius 1 is 0.182 bits per heavy atom. The Bertz CT molecular complexity index is 1700. The summed E-state index contributed by atoms with van der Waals surface area (Å²) in [7, 11) is 0. The minimum atomic E-state index is -2.24. The smallest absolute Gasteiger partial charge is 0.187 e. The molecule has 88 heavy (non-hydrogen) atoms. The summed E-state index contributed by atoms with van der Waals surface area (Å²) < 4.78 is 86.0. The summed E-state index contributed by atoms with van der Waals surface area (Å²) in [6.07, 6.45) is -78.7. The Balaban J connectivity index is 0.975. The molecule has 29 aliphatic heterocycles. The van der Waals surface area contributed by atoms with E-state index in [0.717, 1.165) is 0 Å². The molecule has 512 valence electrons. The molecule has 39 nitrogen and oxygen atoms in total. The Labute approximate surface area is 497 Å². The molecule has 16 bridgehead atoms. The molecule has 1 saturated carbocycles. The number of ether oxygens (including phenoxy) is 15. The molecule has 1 aliphatic carbocycles. The van der Waals surface area contributed by atoms with Crippen LogP contribution in [0.1, 0.15) is 6.42 Å². The zero-order chi connectivity index (χ0) is 64.1. The number of aliphatic hydroxyl groups is 24. The standard InChI is InChI=1S/C49H82O39/c50-2-10-1-11-19(58)20(59)35(10)82-43-29(68)22(61)37(13(4-52)76-43)84-45-31(70)24(63)39(15(6-54)78-45)86-47-33(72)26(65)41(17(8-56)80-47)88-49-34(73)27(66)42(18(9-57)81-49)87-48-32(71)25(64)40(16(7-55)79-48)85-46-30(69)23(62)38(14(5-53)77-46)83-44-28(67)21(60)36(74-11)12(3-51)75-44/h10-73H,1-9H2/t10-,11?,12-,13-,14-,15-,16-,17-,18-,19+,20-,21-,22-,23-,24-,25-,26+,27-,28-,29-,30-,31-,32-,33-,34-,35-,36-,37-,38-,39-,40-,41-,42-,43-,44-,45-,46-,47-,48-,49-/m1/s1. The molecule has 0 aromatic heterocycles. The normalized spacial score (nSPS) is 55.4. The molecule has 24 N–H and O–H groups in total. The van der Waals surface area contributed by atoms with E-state index in [9.17, 15) is 123 Å². The molecule has 0 aromatic rings. The fourth-order valence-corrected chi connectivity index (χ4v) is 12.4. The van der Waals surface area contributed by atoms with E-state index in [0.29, 0.717) is 0 Å². The van der Waals surface area contributed by atoms with Gasteiger partial charge in [-0.25, -0.2) is 0 Å². The Kier molecular flexibility index (Phi) is 24.1. The molecule has 0 spiro atoms. The third kappa shape index (κ3) is 13.8. The quantitative estimate of drug-likeness (QED) is 0.107. The summed E-state index contributed by atoms with van der Waals surface area (Å²) in [5, 5.41) is 266. The van der Waals surface area contributed by atoms with Gasteiger partial charge in [-0.1, -0.05) is 0 Å². The van der Waals surface area contributed by atoms with Crippen LogP contribution in [0.4, 0.5) is 0 Å². The fraction of sp³-hybridized carbons (Fsp3) is 1.00. The largest absolute Gasteiger partial charge is 0.396 e. The number of aliphatic hydroxyl groups excluding tert-OH is 24. The third-order valence-corrected chi connectivity index (χ3v) is 17.4. The molecule has 30 rings (SSSR count). The third-order valence-electron chi connectivity index (χ3n) is 17.4. The van der Waals surface area contributed by atoms with Gasteiger partial charge in [0.15, 0.2) is 44.0 Å². The van der Waals surface area contributed by atoms with Gasteiger partial charge in [0.05, 0.1) is 58.5 Å². The summed E-state index contributed by atoms with van der Waals surface area (Å²) >= 11 is 0. The van der Waals surface area contributed by atoms with Crippen LogP contribution in [0.25, 0.3) is 0 Å². The second-order valence-corrected chi connectivity index (χ2v) is 23.0. The van der Waals surface area contributed by atoms with Crippen molar-refractivity contribution in [1.82, 2.24) is 0 Å². The van der Waals surface area contributed by atoms with E-state index in [-0.39, 0.29) is 0 Å². The van der Waals surface area contributed by atoms with Crippen molar-refractivity contribution in [2.24, 2.45) is 5.92 Å². The number of rotatable bonds is 8. The van der Waals surface area contributed by atoms with Crippen molar-refractivity contribution < 1.29 is 194 Å². The molecular formula is C49H82O39. The van der Waals surface area contributed by atoms with Gasteiger partial charge in [-0.3, -0.25) is 0 Å². The first-order chi connectivity index (χ1) is 41.9. The van der Waals surface area contributed by atoms with Gasteiger partial charge in [0.2, 0.25) is 0 Å². The first-order valence-corrected chi connectivity index (χ1v) is 28.5. The minimum Gasteiger partial charge on any atom is -0.396 e. The predicted octanol–water partition coefficient (Wildman–Crippen LogP) is -16.7. The molecule has 39 heteroatoms. The van der Waals surface area contributed by atoms with Gasteiger partial charge >= 0.3 is 0 Å². The highest BCUT2D eigenvalue weighted by Crippen LogP contribution is 2.40. The van der Waals surface area contributed by atoms with E-state index in [1.54, 1.807) is 0 Å². The fourth-order valence-electron chi connectivity index (χ4n) is 12.4. The molecule has 0 aromatic carbocycles. The Hall–Kier alpha value is -1.56. The van der Waals surface area contributed by atoms with Crippen LogP contribution in [0, 0.1) is 5.92 Å². The second kappa shape index (κ2) is 30.0. The Morgan fingerprint density at radius 3 is 0.534 bits per heavy atom. The summed E-state index contributed by atoms with van der Waals surface area (Å²) in [5.74, 6) is -1.27. The summed E-state index contributed by atoms with van der Waals surface area (Å²) in [6, 6.07) is 0. The van der Waals surface area contributed by atoms with Gasteiger partial charge in [-0.15, -0.1) is 0 Å². The maximum atomic E-state index is 11.5. The maximum absolute atomic E-state index is 11.5. The highest BCUT2D eigenvalue weighted by Gasteiger charge is 2.60. The SMILES string of the molecule is OC[C@H]1CC2O[C@H]3[C@H](O)[C@@H](O)[C@@H](O[C@H]4[C@H](O)[C@@H](O)[C@@H](O[C@H]5[C@H](O)[C@@H](O)[C@@H](O[C@H]6[C@H](O)[C@@H](O)[C@@H](O[C@H]7[C@@H](O)[C@@H](O)[C@@H](O[C@H]8[C@H](O)[C@@H](O)[C@@H](O[C@H]9[C@H](O)[C@@H](O)[C@@H](O[C@H]1[C@H](O)[C@H]2O)O[C@@H]9CO)O[C@@H]8CO)O[C@@H]7CO)O[C@@H]6CO)O[C@@H]5CO)O[C@@H]4CO)O[C@@H]3CO. The van der Waals surface area contributed by atoms with E-state index < -0.39 is 305 Å². The molecule has 1 unspecified atom stereocenters. The van der Waals surface area contributed by atoms with Crippen LogP contribution in [-0.4, -0.2) is 415 Å². The van der Waals surface area contributed by atoms with Crippen LogP contribution < -0.4 is 0 Å². The van der Waals surface area contributed by atoms with E-state index in [1.165, 1.54) is 0 Å². The molecule has 29 saturated heterocycles. The highest BCUT2D eigenvalue weighted by atomic mass is 16.8. The van der Waals surface area contributed by atoms with Gasteiger partial charge in [0.1, 0.15) is 183 Å². The molecule has 0 radical (unpaired) electrons. The molecule has 30 aliphatic rings. The van der Waals surface area contributed by atoms with Crippen molar-refractivity contribution in [2.45, 2.75) is 246 Å². The van der Waals surface area contributed by atoms with Gasteiger partial charge in [-0.2, -0.15) is 0 Å². The second-order valence-electron chi connectivity index (χ2n) is 23.0. The lowest BCUT2D eigenvalue weighted by molar-refractivity contribution is -0.399. The van der Waals surface area contributed by atoms with Crippen LogP contribution in [0.15, 0.2) is 0 Å². The van der Waals surface area contributed by atoms with Crippen molar-refractivity contribution in [3.05, 3.63) is 0 Å². The topological polar surface area (TPSA) is 624 Å². The van der Waals surface area contributed by atoms with Gasteiger partial charge < -0.3 is 194 Å². The van der Waals surface area contributed by atoms with Crippen LogP contribution in [-0.2, 0) is 71.1 Å². The minimum absolute atomic E-state index is 0.464. The van der Waals surface area contributed by atoms with Crippen LogP contribution >= 0.6 is 0 Å². The summed E-state index contributed by atoms with van der Waals surface area (Å²) in [4.78, 5) is 0. The van der Waals surface area contributed by atoms with Gasteiger partial charge in [-0.05, 0) is 6.42 Å². The Morgan fingerprint density at radius 2 is 0.352 bits per heavy atom. The van der Waals surface area contributed by atoms with Crippen LogP contribution in [0.2, 0.25) is 0 Å². The van der Waals surface area contributed by atoms with Crippen LogP contribution in [0.3, 0.4) is 0 Å². The molecule has 0 amide bonds. The highest BCUT2D eigenvalue weighted by molar-refractivity contribution is 5.03. The van der Waals surface area contributed by atoms with Crippen molar-refractivity contribution in [1.29, 1.82) is 0 Å². The van der Waals surface area contributed by atoms with E-state index in [4.69, 9.17) is 71.1 Å². The molecule has 29 heterocycles. The van der Waals surface area contributed by atoms with Gasteiger partial charge in [0, 0.05) is 12.5 Å². The van der Waals surface area contributed by atoms with Crippen LogP contribution in [0.5, 0.6) is 0 Å².